The molecule has 0 radical (unpaired) electrons. The number of hydrogen-bond donors (Lipinski definition) is 1. The lowest BCUT2D eigenvalue weighted by Gasteiger charge is -2.24. The Morgan fingerprint density at radius 2 is 1.46 bits per heavy atom. The number of nitrogens with one attached hydrogen (secondary N) is 1. The molecule has 37 heavy (non-hydrogen) atoms. The second kappa shape index (κ2) is 12.7. The van der Waals surface area contributed by atoms with Gasteiger partial charge in [0, 0.05) is 36.4 Å². The Morgan fingerprint density at radius 3 is 2.03 bits per heavy atom. The Morgan fingerprint density at radius 1 is 0.865 bits per heavy atom. The molecule has 0 aromatic heterocycles. The molecule has 0 spiro atoms. The van der Waals surface area contributed by atoms with Gasteiger partial charge in [-0.15, -0.1) is 0 Å². The summed E-state index contributed by atoms with van der Waals surface area (Å²) in [6, 6.07) is 18.5. The number of anilines is 2. The number of sulfonamides is 1. The van der Waals surface area contributed by atoms with Crippen LogP contribution in [0.1, 0.15) is 19.4 Å². The van der Waals surface area contributed by atoms with Gasteiger partial charge in [0.05, 0.1) is 24.8 Å². The van der Waals surface area contributed by atoms with E-state index in [0.717, 1.165) is 28.6 Å². The molecule has 0 fully saturated rings. The molecule has 3 aromatic carbocycles. The van der Waals surface area contributed by atoms with Crippen molar-refractivity contribution in [1.29, 1.82) is 0 Å². The van der Waals surface area contributed by atoms with Crippen LogP contribution < -0.4 is 24.0 Å². The van der Waals surface area contributed by atoms with Crippen LogP contribution in [0.25, 0.3) is 0 Å². The number of carbonyl (C=O) groups is 1. The number of ether oxygens (including phenoxy) is 2. The zero-order valence-electron chi connectivity index (χ0n) is 21.4. The fraction of sp³-hybridized carbons (Fsp3) is 0.296. The first-order valence-corrected chi connectivity index (χ1v) is 13.7. The van der Waals surface area contributed by atoms with Crippen LogP contribution in [0.4, 0.5) is 11.4 Å². The van der Waals surface area contributed by atoms with Crippen molar-refractivity contribution >= 4 is 38.9 Å². The Hall–Kier alpha value is -3.43. The van der Waals surface area contributed by atoms with E-state index in [9.17, 15) is 13.2 Å². The lowest BCUT2D eigenvalue weighted by atomic mass is 10.2. The van der Waals surface area contributed by atoms with E-state index in [2.05, 4.69) is 24.1 Å². The third kappa shape index (κ3) is 6.87. The third-order valence-electron chi connectivity index (χ3n) is 5.90. The summed E-state index contributed by atoms with van der Waals surface area (Å²) in [6.45, 7) is 5.85. The summed E-state index contributed by atoms with van der Waals surface area (Å²) in [5.74, 6) is 0.202. The highest BCUT2D eigenvalue weighted by Crippen LogP contribution is 2.32. The van der Waals surface area contributed by atoms with Crippen LogP contribution >= 0.6 is 11.6 Å². The zero-order valence-corrected chi connectivity index (χ0v) is 23.0. The molecule has 3 aromatic rings. The van der Waals surface area contributed by atoms with E-state index >= 15 is 0 Å². The quantitative estimate of drug-likeness (QED) is 0.354. The van der Waals surface area contributed by atoms with E-state index < -0.39 is 22.5 Å². The molecule has 0 aliphatic rings. The fourth-order valence-corrected chi connectivity index (χ4v) is 5.39. The smallest absolute Gasteiger partial charge is 0.264 e. The molecule has 1 amide bonds. The van der Waals surface area contributed by atoms with Crippen molar-refractivity contribution in [2.75, 3.05) is 43.1 Å². The SMILES string of the molecule is CCN(CC)c1ccc(CNC(=O)CN(c2ccc(Cl)cc2)S(=O)(=O)c2ccc(OC)c(OC)c2)cc1. The highest BCUT2D eigenvalue weighted by Gasteiger charge is 2.28. The van der Waals surface area contributed by atoms with E-state index in [1.807, 2.05) is 24.3 Å². The standard InChI is InChI=1S/C27H32ClN3O5S/c1-5-30(6-2)22-11-7-20(8-12-22)18-29-27(32)19-31(23-13-9-21(28)10-14-23)37(33,34)24-15-16-25(35-3)26(17-24)36-4/h7-17H,5-6,18-19H2,1-4H3,(H,29,32). The van der Waals surface area contributed by atoms with Crippen molar-refractivity contribution < 1.29 is 22.7 Å². The van der Waals surface area contributed by atoms with E-state index in [4.69, 9.17) is 21.1 Å². The molecule has 1 N–H and O–H groups in total. The lowest BCUT2D eigenvalue weighted by Crippen LogP contribution is -2.40. The van der Waals surface area contributed by atoms with Crippen LogP contribution in [0.2, 0.25) is 5.02 Å². The number of halogens is 1. The molecule has 3 rings (SSSR count). The van der Waals surface area contributed by atoms with Gasteiger partial charge >= 0.3 is 0 Å². The summed E-state index contributed by atoms with van der Waals surface area (Å²) < 4.78 is 38.9. The van der Waals surface area contributed by atoms with Crippen molar-refractivity contribution in [1.82, 2.24) is 5.32 Å². The number of amides is 1. The minimum atomic E-state index is -4.14. The van der Waals surface area contributed by atoms with Crippen molar-refractivity contribution in [3.63, 3.8) is 0 Å². The minimum Gasteiger partial charge on any atom is -0.493 e. The summed E-state index contributed by atoms with van der Waals surface area (Å²) in [6.07, 6.45) is 0. The van der Waals surface area contributed by atoms with Gasteiger partial charge in [-0.05, 0) is 67.9 Å². The molecular formula is C27H32ClN3O5S. The van der Waals surface area contributed by atoms with Crippen LogP contribution in [-0.4, -0.2) is 48.2 Å². The van der Waals surface area contributed by atoms with Crippen LogP contribution in [0, 0.1) is 0 Å². The number of hydrogen-bond acceptors (Lipinski definition) is 6. The first-order chi connectivity index (χ1) is 17.7. The molecule has 0 aliphatic carbocycles. The monoisotopic (exact) mass is 545 g/mol. The number of benzene rings is 3. The predicted molar refractivity (Wildman–Crippen MR) is 147 cm³/mol. The van der Waals surface area contributed by atoms with Gasteiger partial charge < -0.3 is 19.7 Å². The number of rotatable bonds is 12. The van der Waals surface area contributed by atoms with E-state index in [1.165, 1.54) is 32.4 Å². The van der Waals surface area contributed by atoms with Crippen molar-refractivity contribution in [3.05, 3.63) is 77.3 Å². The lowest BCUT2D eigenvalue weighted by molar-refractivity contribution is -0.119. The van der Waals surface area contributed by atoms with Gasteiger partial charge in [-0.1, -0.05) is 23.7 Å². The van der Waals surface area contributed by atoms with Gasteiger partial charge in [0.2, 0.25) is 5.91 Å². The second-order valence-corrected chi connectivity index (χ2v) is 10.4. The summed E-state index contributed by atoms with van der Waals surface area (Å²) in [4.78, 5) is 15.1. The van der Waals surface area contributed by atoms with Gasteiger partial charge in [0.15, 0.2) is 11.5 Å². The van der Waals surface area contributed by atoms with Gasteiger partial charge in [0.25, 0.3) is 10.0 Å². The first kappa shape index (κ1) is 28.1. The fourth-order valence-electron chi connectivity index (χ4n) is 3.83. The topological polar surface area (TPSA) is 88.2 Å². The zero-order chi connectivity index (χ0) is 27.0. The number of carbonyl (C=O) groups excluding carboxylic acids is 1. The molecule has 0 saturated heterocycles. The highest BCUT2D eigenvalue weighted by molar-refractivity contribution is 7.92. The summed E-state index contributed by atoms with van der Waals surface area (Å²) in [5, 5.41) is 3.27. The molecule has 8 nitrogen and oxygen atoms in total. The Balaban J connectivity index is 1.82. The van der Waals surface area contributed by atoms with Crippen molar-refractivity contribution in [3.8, 4) is 11.5 Å². The molecule has 0 heterocycles. The summed E-state index contributed by atoms with van der Waals surface area (Å²) >= 11 is 6.01. The van der Waals surface area contributed by atoms with E-state index in [1.54, 1.807) is 24.3 Å². The largest absolute Gasteiger partial charge is 0.493 e. The van der Waals surface area contributed by atoms with Gasteiger partial charge in [0.1, 0.15) is 6.54 Å². The molecule has 0 atom stereocenters. The molecule has 0 unspecified atom stereocenters. The van der Waals surface area contributed by atoms with Crippen molar-refractivity contribution in [2.24, 2.45) is 0 Å². The van der Waals surface area contributed by atoms with Crippen LogP contribution in [0.5, 0.6) is 11.5 Å². The summed E-state index contributed by atoms with van der Waals surface area (Å²) in [5.41, 5.74) is 2.32. The first-order valence-electron chi connectivity index (χ1n) is 11.8. The maximum atomic E-state index is 13.7. The Bertz CT molecular complexity index is 1290. The Labute approximate surface area is 223 Å². The maximum absolute atomic E-state index is 13.7. The van der Waals surface area contributed by atoms with Crippen LogP contribution in [0.3, 0.4) is 0 Å². The maximum Gasteiger partial charge on any atom is 0.264 e. The van der Waals surface area contributed by atoms with Gasteiger partial charge in [-0.3, -0.25) is 9.10 Å². The van der Waals surface area contributed by atoms with Gasteiger partial charge in [-0.25, -0.2) is 8.42 Å². The third-order valence-corrected chi connectivity index (χ3v) is 7.92. The average Bonchev–Trinajstić information content (AvgIpc) is 2.92. The predicted octanol–water partition coefficient (Wildman–Crippen LogP) is 4.72. The molecule has 10 heteroatoms. The van der Waals surface area contributed by atoms with Crippen molar-refractivity contribution in [2.45, 2.75) is 25.3 Å². The molecule has 198 valence electrons. The van der Waals surface area contributed by atoms with Crippen LogP contribution in [-0.2, 0) is 21.4 Å². The minimum absolute atomic E-state index is 0.0418. The Kier molecular flexibility index (Phi) is 9.66. The molecule has 0 bridgehead atoms. The number of methoxy groups -OCH3 is 2. The highest BCUT2D eigenvalue weighted by atomic mass is 35.5. The normalized spacial score (nSPS) is 11.1. The van der Waals surface area contributed by atoms with Crippen LogP contribution in [0.15, 0.2) is 71.6 Å². The molecule has 0 aliphatic heterocycles. The second-order valence-electron chi connectivity index (χ2n) is 8.12. The molecule has 0 saturated carbocycles. The average molecular weight is 546 g/mol. The summed E-state index contributed by atoms with van der Waals surface area (Å²) in [7, 11) is -1.25. The molecular weight excluding hydrogens is 514 g/mol. The van der Waals surface area contributed by atoms with Gasteiger partial charge in [-0.2, -0.15) is 0 Å². The number of nitrogens with zero attached hydrogens (tertiary/aromatic N) is 2. The van der Waals surface area contributed by atoms with E-state index in [-0.39, 0.29) is 17.2 Å². The van der Waals surface area contributed by atoms with E-state index in [0.29, 0.717) is 16.5 Å².